The van der Waals surface area contributed by atoms with Crippen molar-refractivity contribution in [3.63, 3.8) is 0 Å². The molecule has 40 heavy (non-hydrogen) atoms. The molecule has 0 radical (unpaired) electrons. The number of benzene rings is 2. The van der Waals surface area contributed by atoms with Crippen LogP contribution < -0.4 is 5.32 Å². The summed E-state index contributed by atoms with van der Waals surface area (Å²) in [6.45, 7) is 4.77. The number of aryl methyl sites for hydroxylation is 1. The second-order valence-corrected chi connectivity index (χ2v) is 13.1. The summed E-state index contributed by atoms with van der Waals surface area (Å²) in [5.74, 6) is 2.25. The minimum atomic E-state index is -1.01. The summed E-state index contributed by atoms with van der Waals surface area (Å²) in [5, 5.41) is 12.4. The Bertz CT molecular complexity index is 1070. The number of unbranched alkanes of at least 4 members (excludes halogenated alkanes) is 1. The van der Waals surface area contributed by atoms with Crippen molar-refractivity contribution in [3.8, 4) is 11.1 Å². The van der Waals surface area contributed by atoms with Gasteiger partial charge in [0.15, 0.2) is 0 Å². The first-order valence-corrected chi connectivity index (χ1v) is 17.4. The van der Waals surface area contributed by atoms with Crippen LogP contribution in [0.25, 0.3) is 11.1 Å². The molecule has 2 atom stereocenters. The first-order valence-electron chi connectivity index (χ1n) is 14.8. The van der Waals surface area contributed by atoms with Gasteiger partial charge in [0.2, 0.25) is 0 Å². The Labute approximate surface area is 249 Å². The molecule has 0 spiro atoms. The predicted octanol–water partition coefficient (Wildman–Crippen LogP) is 7.99. The van der Waals surface area contributed by atoms with Crippen molar-refractivity contribution in [2.24, 2.45) is 5.92 Å². The molecule has 0 aromatic heterocycles. The van der Waals surface area contributed by atoms with Crippen molar-refractivity contribution < 1.29 is 19.4 Å². The highest BCUT2D eigenvalue weighted by Gasteiger charge is 2.24. The first kappa shape index (κ1) is 32.6. The number of carboxylic acids is 1. The van der Waals surface area contributed by atoms with Gasteiger partial charge >= 0.3 is 5.97 Å². The summed E-state index contributed by atoms with van der Waals surface area (Å²) < 4.78 is 6.57. The van der Waals surface area contributed by atoms with Crippen molar-refractivity contribution in [2.75, 3.05) is 23.5 Å². The van der Waals surface area contributed by atoms with E-state index in [1.54, 1.807) is 11.8 Å². The fraction of sp³-hybridized carbons (Fsp3) is 0.576. The van der Waals surface area contributed by atoms with E-state index in [1.165, 1.54) is 50.7 Å². The predicted molar refractivity (Wildman–Crippen MR) is 171 cm³/mol. The molecular weight excluding hydrogens is 539 g/mol. The van der Waals surface area contributed by atoms with Gasteiger partial charge in [0, 0.05) is 11.3 Å². The lowest BCUT2D eigenvalue weighted by molar-refractivity contribution is -0.139. The van der Waals surface area contributed by atoms with Gasteiger partial charge in [0.25, 0.3) is 5.91 Å². The van der Waals surface area contributed by atoms with Crippen LogP contribution in [0.3, 0.4) is 0 Å². The summed E-state index contributed by atoms with van der Waals surface area (Å²) in [5.41, 5.74) is 4.36. The average molecular weight is 586 g/mol. The third-order valence-electron chi connectivity index (χ3n) is 7.73. The van der Waals surface area contributed by atoms with Gasteiger partial charge in [-0.25, -0.2) is 4.79 Å². The zero-order chi connectivity index (χ0) is 28.7. The van der Waals surface area contributed by atoms with Crippen LogP contribution in [0.15, 0.2) is 42.5 Å². The van der Waals surface area contributed by atoms with Gasteiger partial charge in [-0.1, -0.05) is 75.8 Å². The number of ether oxygens (including phenoxy) is 1. The van der Waals surface area contributed by atoms with E-state index in [1.807, 2.05) is 61.3 Å². The molecule has 0 bridgehead atoms. The summed E-state index contributed by atoms with van der Waals surface area (Å²) in [4.78, 5) is 25.2. The van der Waals surface area contributed by atoms with Crippen LogP contribution in [0.4, 0.5) is 0 Å². The van der Waals surface area contributed by atoms with Crippen molar-refractivity contribution in [2.45, 2.75) is 90.4 Å². The van der Waals surface area contributed by atoms with E-state index < -0.39 is 12.0 Å². The standard InChI is InChI=1S/C33H47NO4S2/c1-4-5-18-40-23-27(20-25-12-7-6-8-13-25)38-22-26-15-16-29(30(21-26)28-14-10-9-11-24(28)2)32(35)34-31(33(36)37)17-19-39-3/h9-11,14-16,21,25,27,31H,4-8,12-13,17-20,22-23H2,1-3H3,(H,34,35)(H,36,37)/t27-,31-/m0/s1. The summed E-state index contributed by atoms with van der Waals surface area (Å²) in [7, 11) is 0. The molecule has 1 amide bonds. The minimum absolute atomic E-state index is 0.225. The largest absolute Gasteiger partial charge is 0.480 e. The molecule has 2 N–H and O–H groups in total. The Hall–Kier alpha value is -1.96. The van der Waals surface area contributed by atoms with E-state index in [4.69, 9.17) is 4.74 Å². The van der Waals surface area contributed by atoms with Gasteiger partial charge < -0.3 is 15.2 Å². The second kappa shape index (κ2) is 17.8. The molecule has 2 aromatic rings. The minimum Gasteiger partial charge on any atom is -0.480 e. The molecule has 1 aliphatic carbocycles. The number of carboxylic acid groups (broad SMARTS) is 1. The number of carbonyl (C=O) groups is 2. The Balaban J connectivity index is 1.80. The quantitative estimate of drug-likeness (QED) is 0.183. The maximum atomic E-state index is 13.4. The van der Waals surface area contributed by atoms with Crippen LogP contribution in [-0.4, -0.2) is 52.6 Å². The number of carbonyl (C=O) groups excluding carboxylic acids is 1. The monoisotopic (exact) mass is 585 g/mol. The fourth-order valence-corrected chi connectivity index (χ4v) is 6.99. The summed E-state index contributed by atoms with van der Waals surface area (Å²) in [6.07, 6.45) is 12.8. The molecule has 5 nitrogen and oxygen atoms in total. The van der Waals surface area contributed by atoms with E-state index in [9.17, 15) is 14.7 Å². The van der Waals surface area contributed by atoms with Crippen LogP contribution >= 0.6 is 23.5 Å². The molecule has 0 unspecified atom stereocenters. The molecule has 1 fully saturated rings. The van der Waals surface area contributed by atoms with Crippen LogP contribution in [0.1, 0.15) is 86.2 Å². The highest BCUT2D eigenvalue weighted by atomic mass is 32.2. The Morgan fingerprint density at radius 2 is 1.85 bits per heavy atom. The fourth-order valence-electron chi connectivity index (χ4n) is 5.36. The molecule has 220 valence electrons. The molecule has 3 rings (SSSR count). The van der Waals surface area contributed by atoms with Crippen LogP contribution in [-0.2, 0) is 16.1 Å². The van der Waals surface area contributed by atoms with Crippen LogP contribution in [0, 0.1) is 12.8 Å². The Morgan fingerprint density at radius 3 is 2.55 bits per heavy atom. The normalized spacial score (nSPS) is 15.5. The molecular formula is C33H47NO4S2. The molecule has 1 aliphatic rings. The Morgan fingerprint density at radius 1 is 1.07 bits per heavy atom. The molecule has 0 aliphatic heterocycles. The van der Waals surface area contributed by atoms with E-state index in [0.29, 0.717) is 24.3 Å². The zero-order valence-corrected chi connectivity index (χ0v) is 26.1. The van der Waals surface area contributed by atoms with Gasteiger partial charge in [0.1, 0.15) is 6.04 Å². The number of amides is 1. The van der Waals surface area contributed by atoms with E-state index >= 15 is 0 Å². The third kappa shape index (κ3) is 10.5. The SMILES string of the molecule is CCCCSC[C@H](CC1CCCCC1)OCc1ccc(C(=O)N[C@@H](CCSC)C(=O)O)c(-c2ccccc2C)c1. The summed E-state index contributed by atoms with van der Waals surface area (Å²) >= 11 is 3.57. The number of aliphatic carboxylic acids is 1. The molecule has 0 heterocycles. The lowest BCUT2D eigenvalue weighted by Gasteiger charge is -2.27. The first-order chi connectivity index (χ1) is 19.4. The van der Waals surface area contributed by atoms with Crippen molar-refractivity contribution in [1.29, 1.82) is 0 Å². The smallest absolute Gasteiger partial charge is 0.326 e. The summed E-state index contributed by atoms with van der Waals surface area (Å²) in [6, 6.07) is 12.9. The third-order valence-corrected chi connectivity index (χ3v) is 9.56. The molecule has 7 heteroatoms. The zero-order valence-electron chi connectivity index (χ0n) is 24.5. The van der Waals surface area contributed by atoms with E-state index in [-0.39, 0.29) is 12.0 Å². The lowest BCUT2D eigenvalue weighted by atomic mass is 9.85. The number of nitrogens with one attached hydrogen (secondary N) is 1. The maximum absolute atomic E-state index is 13.4. The maximum Gasteiger partial charge on any atom is 0.326 e. The van der Waals surface area contributed by atoms with E-state index in [0.717, 1.165) is 40.3 Å². The van der Waals surface area contributed by atoms with Gasteiger partial charge in [0.05, 0.1) is 12.7 Å². The van der Waals surface area contributed by atoms with Crippen LogP contribution in [0.2, 0.25) is 0 Å². The lowest BCUT2D eigenvalue weighted by Crippen LogP contribution is -2.41. The van der Waals surface area contributed by atoms with Crippen molar-refractivity contribution in [3.05, 3.63) is 59.2 Å². The van der Waals surface area contributed by atoms with E-state index in [2.05, 4.69) is 18.3 Å². The number of hydrogen-bond donors (Lipinski definition) is 2. The topological polar surface area (TPSA) is 75.6 Å². The molecule has 1 saturated carbocycles. The number of hydrogen-bond acceptors (Lipinski definition) is 5. The van der Waals surface area contributed by atoms with Gasteiger partial charge in [-0.15, -0.1) is 0 Å². The molecule has 0 saturated heterocycles. The second-order valence-electron chi connectivity index (χ2n) is 10.9. The van der Waals surface area contributed by atoms with Crippen molar-refractivity contribution >= 4 is 35.4 Å². The Kier molecular flexibility index (Phi) is 14.5. The van der Waals surface area contributed by atoms with Gasteiger partial charge in [-0.05, 0) is 84.3 Å². The van der Waals surface area contributed by atoms with Crippen molar-refractivity contribution in [1.82, 2.24) is 5.32 Å². The number of thioether (sulfide) groups is 2. The van der Waals surface area contributed by atoms with Gasteiger partial charge in [-0.2, -0.15) is 23.5 Å². The van der Waals surface area contributed by atoms with Gasteiger partial charge in [-0.3, -0.25) is 4.79 Å². The average Bonchev–Trinajstić information content (AvgIpc) is 2.96. The highest BCUT2D eigenvalue weighted by molar-refractivity contribution is 7.99. The molecule has 2 aromatic carbocycles. The highest BCUT2D eigenvalue weighted by Crippen LogP contribution is 2.31. The number of rotatable bonds is 17. The van der Waals surface area contributed by atoms with Crippen LogP contribution in [0.5, 0.6) is 0 Å².